The van der Waals surface area contributed by atoms with Gasteiger partial charge in [-0.15, -0.1) is 0 Å². The largest absolute Gasteiger partial charge is 0.384 e. The maximum absolute atomic E-state index is 12.2. The summed E-state index contributed by atoms with van der Waals surface area (Å²) in [6.07, 6.45) is 3.38. The predicted octanol–water partition coefficient (Wildman–Crippen LogP) is 1.90. The molecule has 106 valence electrons. The van der Waals surface area contributed by atoms with E-state index in [2.05, 4.69) is 9.71 Å². The number of pyridine rings is 1. The van der Waals surface area contributed by atoms with Crippen molar-refractivity contribution in [3.63, 3.8) is 0 Å². The average Bonchev–Trinajstić information content (AvgIpc) is 3.22. The minimum atomic E-state index is -3.44. The van der Waals surface area contributed by atoms with Gasteiger partial charge in [-0.3, -0.25) is 0 Å². The summed E-state index contributed by atoms with van der Waals surface area (Å²) in [5.74, 6) is 1.14. The summed E-state index contributed by atoms with van der Waals surface area (Å²) in [5.41, 5.74) is 6.30. The Balaban J connectivity index is 1.82. The Labute approximate surface area is 118 Å². The average molecular weight is 291 g/mol. The molecular formula is C14H17N3O2S. The summed E-state index contributed by atoms with van der Waals surface area (Å²) in [5, 5.41) is 0.768. The number of hydrogen-bond acceptors (Lipinski definition) is 4. The number of nitrogen functional groups attached to an aromatic ring is 1. The third-order valence-electron chi connectivity index (χ3n) is 3.53. The van der Waals surface area contributed by atoms with Gasteiger partial charge in [-0.2, -0.15) is 0 Å². The molecule has 0 saturated heterocycles. The van der Waals surface area contributed by atoms with Gasteiger partial charge in [0.05, 0.1) is 10.4 Å². The standard InChI is InChI=1S/C14H17N3O2S/c15-14-6-3-11-9-12(4-5-13(11)17-14)20(18,19)16-8-7-10-1-2-10/h3-6,9-10,16H,1-2,7-8H2,(H2,15,17). The van der Waals surface area contributed by atoms with Crippen LogP contribution in [-0.4, -0.2) is 19.9 Å². The number of nitrogens with one attached hydrogen (secondary N) is 1. The van der Waals surface area contributed by atoms with E-state index in [0.29, 0.717) is 23.8 Å². The van der Waals surface area contributed by atoms with Crippen LogP contribution >= 0.6 is 0 Å². The molecule has 1 heterocycles. The lowest BCUT2D eigenvalue weighted by atomic mass is 10.2. The summed E-state index contributed by atoms with van der Waals surface area (Å²) in [6, 6.07) is 8.32. The van der Waals surface area contributed by atoms with Crippen molar-refractivity contribution in [3.8, 4) is 0 Å². The number of hydrogen-bond donors (Lipinski definition) is 2. The topological polar surface area (TPSA) is 85.1 Å². The number of nitrogens with two attached hydrogens (primary N) is 1. The highest BCUT2D eigenvalue weighted by Gasteiger charge is 2.22. The fraction of sp³-hybridized carbons (Fsp3) is 0.357. The molecule has 20 heavy (non-hydrogen) atoms. The molecule has 0 atom stereocenters. The molecule has 2 aromatic rings. The van der Waals surface area contributed by atoms with Gasteiger partial charge in [-0.1, -0.05) is 12.8 Å². The van der Waals surface area contributed by atoms with Crippen LogP contribution in [0.2, 0.25) is 0 Å². The molecule has 3 rings (SSSR count). The zero-order valence-corrected chi connectivity index (χ0v) is 11.9. The van der Waals surface area contributed by atoms with Crippen molar-refractivity contribution in [1.29, 1.82) is 0 Å². The van der Waals surface area contributed by atoms with E-state index in [4.69, 9.17) is 5.73 Å². The minimum absolute atomic E-state index is 0.271. The van der Waals surface area contributed by atoms with E-state index < -0.39 is 10.0 Å². The fourth-order valence-electron chi connectivity index (χ4n) is 2.17. The zero-order valence-electron chi connectivity index (χ0n) is 11.0. The molecular weight excluding hydrogens is 274 g/mol. The highest BCUT2D eigenvalue weighted by atomic mass is 32.2. The van der Waals surface area contributed by atoms with Crippen molar-refractivity contribution in [3.05, 3.63) is 30.3 Å². The van der Waals surface area contributed by atoms with Gasteiger partial charge >= 0.3 is 0 Å². The molecule has 0 aliphatic heterocycles. The first-order valence-corrected chi connectivity index (χ1v) is 8.19. The lowest BCUT2D eigenvalue weighted by Crippen LogP contribution is -2.25. The molecule has 1 aliphatic rings. The second kappa shape index (κ2) is 5.03. The van der Waals surface area contributed by atoms with Crippen LogP contribution in [0.15, 0.2) is 35.2 Å². The Hall–Kier alpha value is -1.66. The minimum Gasteiger partial charge on any atom is -0.384 e. The number of anilines is 1. The Morgan fingerprint density at radius 2 is 2.05 bits per heavy atom. The Morgan fingerprint density at radius 1 is 1.25 bits per heavy atom. The number of rotatable bonds is 5. The highest BCUT2D eigenvalue weighted by Crippen LogP contribution is 2.31. The lowest BCUT2D eigenvalue weighted by Gasteiger charge is -2.07. The molecule has 6 heteroatoms. The van der Waals surface area contributed by atoms with E-state index in [1.165, 1.54) is 12.8 Å². The maximum Gasteiger partial charge on any atom is 0.240 e. The lowest BCUT2D eigenvalue weighted by molar-refractivity contribution is 0.575. The van der Waals surface area contributed by atoms with Crippen LogP contribution in [0.3, 0.4) is 0 Å². The van der Waals surface area contributed by atoms with Crippen molar-refractivity contribution in [2.24, 2.45) is 5.92 Å². The number of sulfonamides is 1. The van der Waals surface area contributed by atoms with Crippen LogP contribution in [0, 0.1) is 5.92 Å². The van der Waals surface area contributed by atoms with Crippen LogP contribution in [0.25, 0.3) is 10.9 Å². The molecule has 1 aromatic carbocycles. The summed E-state index contributed by atoms with van der Waals surface area (Å²) < 4.78 is 27.0. The van der Waals surface area contributed by atoms with Crippen LogP contribution in [0.4, 0.5) is 5.82 Å². The Morgan fingerprint density at radius 3 is 2.80 bits per heavy atom. The van der Waals surface area contributed by atoms with Gasteiger partial charge < -0.3 is 5.73 Å². The van der Waals surface area contributed by atoms with Crippen LogP contribution in [0.1, 0.15) is 19.3 Å². The monoisotopic (exact) mass is 291 g/mol. The molecule has 0 amide bonds. The molecule has 1 saturated carbocycles. The zero-order chi connectivity index (χ0) is 14.2. The molecule has 0 spiro atoms. The van der Waals surface area contributed by atoms with Crippen molar-refractivity contribution in [2.45, 2.75) is 24.2 Å². The Bertz CT molecular complexity index is 739. The van der Waals surface area contributed by atoms with Crippen molar-refractivity contribution in [1.82, 2.24) is 9.71 Å². The van der Waals surface area contributed by atoms with E-state index in [9.17, 15) is 8.42 Å². The fourth-order valence-corrected chi connectivity index (χ4v) is 3.26. The van der Waals surface area contributed by atoms with Crippen molar-refractivity contribution >= 4 is 26.7 Å². The maximum atomic E-state index is 12.2. The molecule has 1 aromatic heterocycles. The van der Waals surface area contributed by atoms with Crippen LogP contribution in [-0.2, 0) is 10.0 Å². The molecule has 5 nitrogen and oxygen atoms in total. The molecule has 3 N–H and O–H groups in total. The van der Waals surface area contributed by atoms with Gasteiger partial charge in [0.15, 0.2) is 0 Å². The summed E-state index contributed by atoms with van der Waals surface area (Å²) in [6.45, 7) is 0.505. The van der Waals surface area contributed by atoms with Gasteiger partial charge in [-0.25, -0.2) is 18.1 Å². The third-order valence-corrected chi connectivity index (χ3v) is 4.99. The Kier molecular flexibility index (Phi) is 3.35. The van der Waals surface area contributed by atoms with Crippen LogP contribution < -0.4 is 10.5 Å². The number of benzene rings is 1. The molecule has 0 bridgehead atoms. The van der Waals surface area contributed by atoms with Gasteiger partial charge in [-0.05, 0) is 42.7 Å². The van der Waals surface area contributed by atoms with E-state index in [-0.39, 0.29) is 4.90 Å². The first-order chi connectivity index (χ1) is 9.54. The van der Waals surface area contributed by atoms with Gasteiger partial charge in [0.25, 0.3) is 0 Å². The summed E-state index contributed by atoms with van der Waals surface area (Å²) in [7, 11) is -3.44. The van der Waals surface area contributed by atoms with E-state index in [1.807, 2.05) is 0 Å². The van der Waals surface area contributed by atoms with Crippen molar-refractivity contribution < 1.29 is 8.42 Å². The normalized spacial score (nSPS) is 15.6. The number of aromatic nitrogens is 1. The van der Waals surface area contributed by atoms with E-state index in [1.54, 1.807) is 30.3 Å². The van der Waals surface area contributed by atoms with Gasteiger partial charge in [0, 0.05) is 11.9 Å². The summed E-state index contributed by atoms with van der Waals surface area (Å²) >= 11 is 0. The van der Waals surface area contributed by atoms with Crippen LogP contribution in [0.5, 0.6) is 0 Å². The molecule has 1 aliphatic carbocycles. The smallest absolute Gasteiger partial charge is 0.240 e. The quantitative estimate of drug-likeness (QED) is 0.881. The van der Waals surface area contributed by atoms with E-state index in [0.717, 1.165) is 11.8 Å². The molecule has 0 radical (unpaired) electrons. The first kappa shape index (κ1) is 13.3. The van der Waals surface area contributed by atoms with Gasteiger partial charge in [0.2, 0.25) is 10.0 Å². The van der Waals surface area contributed by atoms with E-state index >= 15 is 0 Å². The number of fused-ring (bicyclic) bond motifs is 1. The second-order valence-electron chi connectivity index (χ2n) is 5.22. The highest BCUT2D eigenvalue weighted by molar-refractivity contribution is 7.89. The third kappa shape index (κ3) is 2.91. The summed E-state index contributed by atoms with van der Waals surface area (Å²) in [4.78, 5) is 4.43. The predicted molar refractivity (Wildman–Crippen MR) is 78.7 cm³/mol. The molecule has 1 fully saturated rings. The van der Waals surface area contributed by atoms with Crippen molar-refractivity contribution in [2.75, 3.05) is 12.3 Å². The SMILES string of the molecule is Nc1ccc2cc(S(=O)(=O)NCCC3CC3)ccc2n1. The number of nitrogens with zero attached hydrogens (tertiary/aromatic N) is 1. The first-order valence-electron chi connectivity index (χ1n) is 6.70. The molecule has 0 unspecified atom stereocenters. The van der Waals surface area contributed by atoms with Gasteiger partial charge in [0.1, 0.15) is 5.82 Å². The second-order valence-corrected chi connectivity index (χ2v) is 6.99.